The van der Waals surface area contributed by atoms with Crippen LogP contribution in [0.4, 0.5) is 24.5 Å². The molecule has 1 unspecified atom stereocenters. The van der Waals surface area contributed by atoms with Gasteiger partial charge in [-0.15, -0.1) is 0 Å². The number of morpholine rings is 1. The Kier molecular flexibility index (Phi) is 6.32. The first-order valence-electron chi connectivity index (χ1n) is 9.32. The average molecular weight is 408 g/mol. The van der Waals surface area contributed by atoms with Crippen molar-refractivity contribution in [3.05, 3.63) is 53.6 Å². The minimum atomic E-state index is -4.51. The van der Waals surface area contributed by atoms with Crippen molar-refractivity contribution in [3.8, 4) is 5.75 Å². The number of hydrogen-bond donors (Lipinski definition) is 1. The maximum atomic E-state index is 13.2. The second-order valence-corrected chi connectivity index (χ2v) is 6.89. The number of halogens is 3. The Morgan fingerprint density at radius 3 is 2.41 bits per heavy atom. The van der Waals surface area contributed by atoms with Crippen molar-refractivity contribution in [1.29, 1.82) is 0 Å². The monoisotopic (exact) mass is 408 g/mol. The number of nitrogens with one attached hydrogen (secondary N) is 1. The smallest absolute Gasteiger partial charge is 0.416 e. The maximum Gasteiger partial charge on any atom is 0.416 e. The molecule has 0 aromatic heterocycles. The van der Waals surface area contributed by atoms with Gasteiger partial charge in [0, 0.05) is 13.1 Å². The highest BCUT2D eigenvalue weighted by Crippen LogP contribution is 2.36. The van der Waals surface area contributed by atoms with Crippen molar-refractivity contribution >= 4 is 17.3 Å². The molecule has 2 aromatic rings. The van der Waals surface area contributed by atoms with E-state index < -0.39 is 23.8 Å². The Bertz CT molecular complexity index is 847. The van der Waals surface area contributed by atoms with Gasteiger partial charge in [-0.3, -0.25) is 4.79 Å². The summed E-state index contributed by atoms with van der Waals surface area (Å²) in [5, 5.41) is 2.61. The lowest BCUT2D eigenvalue weighted by molar-refractivity contribution is -0.137. The standard InChI is InChI=1S/C21H23F3N2O3/c1-14-3-6-17(7-4-14)29-15(2)20(27)25-18-13-16(21(22,23)24)5-8-19(18)26-9-11-28-12-10-26/h3-8,13,15H,9-12H2,1-2H3,(H,25,27). The molecule has 3 rings (SSSR count). The van der Waals surface area contributed by atoms with Crippen LogP contribution in [0.3, 0.4) is 0 Å². The molecular formula is C21H23F3N2O3. The zero-order valence-electron chi connectivity index (χ0n) is 16.3. The summed E-state index contributed by atoms with van der Waals surface area (Å²) in [6, 6.07) is 10.5. The Morgan fingerprint density at radius 2 is 1.79 bits per heavy atom. The summed E-state index contributed by atoms with van der Waals surface area (Å²) in [7, 11) is 0. The first kappa shape index (κ1) is 21.0. The van der Waals surface area contributed by atoms with Crippen LogP contribution in [-0.2, 0) is 15.7 Å². The van der Waals surface area contributed by atoms with Crippen LogP contribution in [0.1, 0.15) is 18.1 Å². The van der Waals surface area contributed by atoms with E-state index in [0.717, 1.165) is 17.7 Å². The molecule has 156 valence electrons. The van der Waals surface area contributed by atoms with Crippen LogP contribution in [0, 0.1) is 6.92 Å². The number of benzene rings is 2. The largest absolute Gasteiger partial charge is 0.481 e. The fraction of sp³-hybridized carbons (Fsp3) is 0.381. The van der Waals surface area contributed by atoms with Crippen molar-refractivity contribution < 1.29 is 27.4 Å². The SMILES string of the molecule is Cc1ccc(OC(C)C(=O)Nc2cc(C(F)(F)F)ccc2N2CCOCC2)cc1. The lowest BCUT2D eigenvalue weighted by Gasteiger charge is -2.31. The van der Waals surface area contributed by atoms with E-state index in [1.807, 2.05) is 24.0 Å². The van der Waals surface area contributed by atoms with Gasteiger partial charge >= 0.3 is 6.18 Å². The van der Waals surface area contributed by atoms with E-state index in [-0.39, 0.29) is 5.69 Å². The summed E-state index contributed by atoms with van der Waals surface area (Å²) < 4.78 is 50.5. The number of amides is 1. The summed E-state index contributed by atoms with van der Waals surface area (Å²) in [6.45, 7) is 5.49. The molecule has 2 aromatic carbocycles. The van der Waals surface area contributed by atoms with Gasteiger partial charge in [-0.2, -0.15) is 13.2 Å². The predicted octanol–water partition coefficient (Wildman–Crippen LogP) is 4.26. The normalized spacial score (nSPS) is 15.7. The van der Waals surface area contributed by atoms with Gasteiger partial charge < -0.3 is 19.7 Å². The molecule has 0 spiro atoms. The van der Waals surface area contributed by atoms with Gasteiger partial charge in [-0.05, 0) is 44.2 Å². The van der Waals surface area contributed by atoms with Gasteiger partial charge in [-0.1, -0.05) is 17.7 Å². The molecule has 0 radical (unpaired) electrons. The molecule has 1 aliphatic rings. The van der Waals surface area contributed by atoms with Crippen LogP contribution < -0.4 is 15.0 Å². The van der Waals surface area contributed by atoms with Gasteiger partial charge in [0.25, 0.3) is 5.91 Å². The van der Waals surface area contributed by atoms with E-state index in [9.17, 15) is 18.0 Å². The molecule has 1 atom stereocenters. The lowest BCUT2D eigenvalue weighted by Crippen LogP contribution is -2.37. The van der Waals surface area contributed by atoms with E-state index in [0.29, 0.717) is 37.7 Å². The van der Waals surface area contributed by atoms with Crippen molar-refractivity contribution in [2.45, 2.75) is 26.1 Å². The van der Waals surface area contributed by atoms with Gasteiger partial charge in [-0.25, -0.2) is 0 Å². The minimum Gasteiger partial charge on any atom is -0.481 e. The third-order valence-electron chi connectivity index (χ3n) is 4.64. The summed E-state index contributed by atoms with van der Waals surface area (Å²) in [5.74, 6) is -0.0184. The number of hydrogen-bond acceptors (Lipinski definition) is 4. The van der Waals surface area contributed by atoms with Crippen LogP contribution in [0.5, 0.6) is 5.75 Å². The highest BCUT2D eigenvalue weighted by molar-refractivity contribution is 5.97. The fourth-order valence-electron chi connectivity index (χ4n) is 3.00. The Hall–Kier alpha value is -2.74. The zero-order chi connectivity index (χ0) is 21.0. The molecule has 5 nitrogen and oxygen atoms in total. The number of carbonyl (C=O) groups excluding carboxylic acids is 1. The number of carbonyl (C=O) groups is 1. The van der Waals surface area contributed by atoms with Crippen LogP contribution in [-0.4, -0.2) is 38.3 Å². The number of alkyl halides is 3. The first-order valence-corrected chi connectivity index (χ1v) is 9.32. The van der Waals surface area contributed by atoms with E-state index >= 15 is 0 Å². The second kappa shape index (κ2) is 8.73. The summed E-state index contributed by atoms with van der Waals surface area (Å²) in [6.07, 6.45) is -5.39. The predicted molar refractivity (Wildman–Crippen MR) is 104 cm³/mol. The van der Waals surface area contributed by atoms with Gasteiger partial charge in [0.05, 0.1) is 30.2 Å². The van der Waals surface area contributed by atoms with Gasteiger partial charge in [0.2, 0.25) is 0 Å². The third kappa shape index (κ3) is 5.41. The van der Waals surface area contributed by atoms with Crippen LogP contribution >= 0.6 is 0 Å². The molecule has 1 heterocycles. The number of rotatable bonds is 5. The molecule has 0 saturated carbocycles. The molecular weight excluding hydrogens is 385 g/mol. The topological polar surface area (TPSA) is 50.8 Å². The third-order valence-corrected chi connectivity index (χ3v) is 4.64. The van der Waals surface area contributed by atoms with Crippen molar-refractivity contribution in [3.63, 3.8) is 0 Å². The van der Waals surface area contributed by atoms with Crippen molar-refractivity contribution in [1.82, 2.24) is 0 Å². The van der Waals surface area contributed by atoms with E-state index in [1.54, 1.807) is 19.1 Å². The molecule has 1 saturated heterocycles. The van der Waals surface area contributed by atoms with Gasteiger partial charge in [0.1, 0.15) is 5.75 Å². The number of ether oxygens (including phenoxy) is 2. The molecule has 29 heavy (non-hydrogen) atoms. The molecule has 1 amide bonds. The highest BCUT2D eigenvalue weighted by atomic mass is 19.4. The molecule has 1 aliphatic heterocycles. The summed E-state index contributed by atoms with van der Waals surface area (Å²) >= 11 is 0. The van der Waals surface area contributed by atoms with Gasteiger partial charge in [0.15, 0.2) is 6.10 Å². The van der Waals surface area contributed by atoms with Crippen LogP contribution in [0.2, 0.25) is 0 Å². The molecule has 0 bridgehead atoms. The van der Waals surface area contributed by atoms with Crippen molar-refractivity contribution in [2.75, 3.05) is 36.5 Å². The van der Waals surface area contributed by atoms with Crippen molar-refractivity contribution in [2.24, 2.45) is 0 Å². The quantitative estimate of drug-likeness (QED) is 0.804. The molecule has 0 aliphatic carbocycles. The Morgan fingerprint density at radius 1 is 1.14 bits per heavy atom. The minimum absolute atomic E-state index is 0.103. The lowest BCUT2D eigenvalue weighted by atomic mass is 10.1. The number of aryl methyl sites for hydroxylation is 1. The fourth-order valence-corrected chi connectivity index (χ4v) is 3.00. The molecule has 8 heteroatoms. The molecule has 1 fully saturated rings. The number of nitrogens with zero attached hydrogens (tertiary/aromatic N) is 1. The Labute approximate surface area is 167 Å². The van der Waals surface area contributed by atoms with E-state index in [4.69, 9.17) is 9.47 Å². The van der Waals surface area contributed by atoms with E-state index in [2.05, 4.69) is 5.32 Å². The summed E-state index contributed by atoms with van der Waals surface area (Å²) in [5.41, 5.74) is 0.855. The second-order valence-electron chi connectivity index (χ2n) is 6.89. The van der Waals surface area contributed by atoms with Crippen LogP contribution in [0.15, 0.2) is 42.5 Å². The first-order chi connectivity index (χ1) is 13.7. The number of anilines is 2. The highest BCUT2D eigenvalue weighted by Gasteiger charge is 2.32. The average Bonchev–Trinajstić information content (AvgIpc) is 2.69. The molecule has 1 N–H and O–H groups in total. The Balaban J connectivity index is 1.80. The van der Waals surface area contributed by atoms with E-state index in [1.165, 1.54) is 6.07 Å². The zero-order valence-corrected chi connectivity index (χ0v) is 16.3. The summed E-state index contributed by atoms with van der Waals surface area (Å²) in [4.78, 5) is 14.5. The maximum absolute atomic E-state index is 13.2. The van der Waals surface area contributed by atoms with Crippen LogP contribution in [0.25, 0.3) is 0 Å².